The maximum absolute atomic E-state index is 12.5. The van der Waals surface area contributed by atoms with Crippen molar-refractivity contribution in [1.82, 2.24) is 9.80 Å². The summed E-state index contributed by atoms with van der Waals surface area (Å²) in [6.45, 7) is 3.54. The highest BCUT2D eigenvalue weighted by Gasteiger charge is 2.45. The Morgan fingerprint density at radius 2 is 2.04 bits per heavy atom. The zero-order chi connectivity index (χ0) is 18.7. The number of nitrogens with zero attached hydrogens (tertiary/aromatic N) is 2. The van der Waals surface area contributed by atoms with Gasteiger partial charge in [-0.05, 0) is 38.3 Å². The average Bonchev–Trinajstić information content (AvgIpc) is 2.63. The smallest absolute Gasteiger partial charge is 0.255 e. The minimum absolute atomic E-state index is 0.0179. The Hall–Kier alpha value is -1.63. The molecule has 6 nitrogen and oxygen atoms in total. The van der Waals surface area contributed by atoms with Crippen LogP contribution in [0.3, 0.4) is 0 Å². The molecule has 0 bridgehead atoms. The first-order valence-electron chi connectivity index (χ1n) is 9.40. The van der Waals surface area contributed by atoms with Gasteiger partial charge >= 0.3 is 0 Å². The second-order valence-corrected chi connectivity index (χ2v) is 7.71. The standard InChI is InChI=1S/C20H30N2O4/c1-20(19(24)21(2)3)14-22(12-13-25-20)16-10-7-11-17(18(16)23)26-15-8-5-4-6-9-15/h4-6,8-9,16-18,23H,7,10-14H2,1-3H3/t16-,17+,18+,20?/m0/s1. The molecule has 0 radical (unpaired) electrons. The van der Waals surface area contributed by atoms with Crippen LogP contribution in [0.2, 0.25) is 0 Å². The molecule has 1 heterocycles. The van der Waals surface area contributed by atoms with Crippen molar-refractivity contribution >= 4 is 5.91 Å². The van der Waals surface area contributed by atoms with Gasteiger partial charge in [-0.3, -0.25) is 9.69 Å². The average molecular weight is 362 g/mol. The Morgan fingerprint density at radius 1 is 1.31 bits per heavy atom. The topological polar surface area (TPSA) is 62.2 Å². The Bertz CT molecular complexity index is 609. The number of para-hydroxylation sites is 1. The summed E-state index contributed by atoms with van der Waals surface area (Å²) in [5.74, 6) is 0.747. The lowest BCUT2D eigenvalue weighted by molar-refractivity contribution is -0.172. The summed E-state index contributed by atoms with van der Waals surface area (Å²) in [6, 6.07) is 9.62. The summed E-state index contributed by atoms with van der Waals surface area (Å²) in [5, 5.41) is 11.0. The van der Waals surface area contributed by atoms with Gasteiger partial charge in [-0.1, -0.05) is 18.2 Å². The molecule has 1 saturated heterocycles. The van der Waals surface area contributed by atoms with Crippen molar-refractivity contribution < 1.29 is 19.4 Å². The van der Waals surface area contributed by atoms with Gasteiger partial charge in [0.2, 0.25) is 0 Å². The van der Waals surface area contributed by atoms with Crippen molar-refractivity contribution in [3.63, 3.8) is 0 Å². The van der Waals surface area contributed by atoms with E-state index in [1.54, 1.807) is 19.0 Å². The molecule has 3 rings (SSSR count). The molecular formula is C20H30N2O4. The first-order chi connectivity index (χ1) is 12.4. The van der Waals surface area contributed by atoms with Crippen LogP contribution in [0.25, 0.3) is 0 Å². The Morgan fingerprint density at radius 3 is 2.73 bits per heavy atom. The Balaban J connectivity index is 1.69. The van der Waals surface area contributed by atoms with Crippen molar-refractivity contribution in [3.8, 4) is 5.75 Å². The van der Waals surface area contributed by atoms with E-state index in [-0.39, 0.29) is 18.1 Å². The molecule has 1 amide bonds. The van der Waals surface area contributed by atoms with Gasteiger partial charge in [0.15, 0.2) is 5.60 Å². The number of aliphatic hydroxyl groups excluding tert-OH is 1. The molecule has 1 aliphatic carbocycles. The number of rotatable bonds is 4. The number of amides is 1. The van der Waals surface area contributed by atoms with Crippen LogP contribution in [0.15, 0.2) is 30.3 Å². The third-order valence-electron chi connectivity index (χ3n) is 5.43. The monoisotopic (exact) mass is 362 g/mol. The number of aliphatic hydroxyl groups is 1. The van der Waals surface area contributed by atoms with E-state index in [1.165, 1.54) is 0 Å². The van der Waals surface area contributed by atoms with E-state index in [2.05, 4.69) is 4.90 Å². The molecule has 1 aromatic carbocycles. The lowest BCUT2D eigenvalue weighted by Crippen LogP contribution is -2.63. The second kappa shape index (κ2) is 7.94. The molecule has 1 aromatic rings. The molecule has 2 fully saturated rings. The minimum Gasteiger partial charge on any atom is -0.488 e. The van der Waals surface area contributed by atoms with E-state index in [0.717, 1.165) is 31.6 Å². The lowest BCUT2D eigenvalue weighted by atomic mass is 9.87. The third-order valence-corrected chi connectivity index (χ3v) is 5.43. The number of benzene rings is 1. The molecule has 6 heteroatoms. The van der Waals surface area contributed by atoms with E-state index < -0.39 is 11.7 Å². The molecule has 1 aliphatic heterocycles. The van der Waals surface area contributed by atoms with Crippen LogP contribution in [0, 0.1) is 0 Å². The first-order valence-corrected chi connectivity index (χ1v) is 9.40. The number of hydrogen-bond acceptors (Lipinski definition) is 5. The van der Waals surface area contributed by atoms with Crippen LogP contribution in [0.4, 0.5) is 0 Å². The van der Waals surface area contributed by atoms with Crippen molar-refractivity contribution in [2.75, 3.05) is 33.8 Å². The quantitative estimate of drug-likeness (QED) is 0.880. The van der Waals surface area contributed by atoms with Crippen LogP contribution in [-0.4, -0.2) is 78.5 Å². The van der Waals surface area contributed by atoms with Gasteiger partial charge < -0.3 is 19.5 Å². The van der Waals surface area contributed by atoms with E-state index >= 15 is 0 Å². The van der Waals surface area contributed by atoms with Crippen LogP contribution >= 0.6 is 0 Å². The molecule has 0 aromatic heterocycles. The highest BCUT2D eigenvalue weighted by molar-refractivity contribution is 5.84. The summed E-state index contributed by atoms with van der Waals surface area (Å²) < 4.78 is 11.9. The number of morpholine rings is 1. The van der Waals surface area contributed by atoms with Gasteiger partial charge in [0.25, 0.3) is 5.91 Å². The van der Waals surface area contributed by atoms with Crippen molar-refractivity contribution in [2.24, 2.45) is 0 Å². The molecule has 26 heavy (non-hydrogen) atoms. The van der Waals surface area contributed by atoms with Crippen molar-refractivity contribution in [3.05, 3.63) is 30.3 Å². The fourth-order valence-electron chi connectivity index (χ4n) is 4.10. The molecule has 0 spiro atoms. The Labute approximate surface area is 155 Å². The van der Waals surface area contributed by atoms with Gasteiger partial charge in [0.05, 0.1) is 6.61 Å². The van der Waals surface area contributed by atoms with Gasteiger partial charge in [-0.2, -0.15) is 0 Å². The summed E-state index contributed by atoms with van der Waals surface area (Å²) in [5.41, 5.74) is -0.866. The maximum atomic E-state index is 12.5. The zero-order valence-corrected chi connectivity index (χ0v) is 15.9. The Kier molecular flexibility index (Phi) is 5.85. The SMILES string of the molecule is CN(C)C(=O)C1(C)CN([C@H]2CCC[C@@H](Oc3ccccc3)[C@@H]2O)CCO1. The molecule has 1 unspecified atom stereocenters. The first kappa shape index (κ1) is 19.1. The fraction of sp³-hybridized carbons (Fsp3) is 0.650. The second-order valence-electron chi connectivity index (χ2n) is 7.71. The summed E-state index contributed by atoms with van der Waals surface area (Å²) >= 11 is 0. The highest BCUT2D eigenvalue weighted by Crippen LogP contribution is 2.30. The maximum Gasteiger partial charge on any atom is 0.255 e. The van der Waals surface area contributed by atoms with E-state index in [0.29, 0.717) is 13.2 Å². The van der Waals surface area contributed by atoms with Gasteiger partial charge in [-0.25, -0.2) is 0 Å². The molecule has 2 aliphatic rings. The predicted molar refractivity (Wildman–Crippen MR) is 99.1 cm³/mol. The van der Waals surface area contributed by atoms with Crippen LogP contribution < -0.4 is 4.74 Å². The third kappa shape index (κ3) is 4.03. The summed E-state index contributed by atoms with van der Waals surface area (Å²) in [7, 11) is 3.49. The van der Waals surface area contributed by atoms with Crippen LogP contribution in [0.5, 0.6) is 5.75 Å². The summed E-state index contributed by atoms with van der Waals surface area (Å²) in [4.78, 5) is 16.3. The van der Waals surface area contributed by atoms with Crippen LogP contribution in [-0.2, 0) is 9.53 Å². The van der Waals surface area contributed by atoms with Crippen molar-refractivity contribution in [2.45, 2.75) is 50.0 Å². The summed E-state index contributed by atoms with van der Waals surface area (Å²) in [6.07, 6.45) is 1.93. The van der Waals surface area contributed by atoms with Gasteiger partial charge in [0, 0.05) is 33.2 Å². The van der Waals surface area contributed by atoms with E-state index in [1.807, 2.05) is 37.3 Å². The number of likely N-dealkylation sites (N-methyl/N-ethyl adjacent to an activating group) is 1. The normalized spacial score (nSPS) is 32.8. The number of ether oxygens (including phenoxy) is 2. The lowest BCUT2D eigenvalue weighted by Gasteiger charge is -2.47. The number of carbonyl (C=O) groups excluding carboxylic acids is 1. The van der Waals surface area contributed by atoms with Crippen LogP contribution in [0.1, 0.15) is 26.2 Å². The predicted octanol–water partition coefficient (Wildman–Crippen LogP) is 1.53. The minimum atomic E-state index is -0.866. The molecular weight excluding hydrogens is 332 g/mol. The molecule has 4 atom stereocenters. The van der Waals surface area contributed by atoms with E-state index in [4.69, 9.17) is 9.47 Å². The number of hydrogen-bond donors (Lipinski definition) is 1. The molecule has 1 saturated carbocycles. The van der Waals surface area contributed by atoms with Gasteiger partial charge in [0.1, 0.15) is 18.0 Å². The largest absolute Gasteiger partial charge is 0.488 e. The molecule has 144 valence electrons. The van der Waals surface area contributed by atoms with E-state index in [9.17, 15) is 9.90 Å². The van der Waals surface area contributed by atoms with Gasteiger partial charge in [-0.15, -0.1) is 0 Å². The zero-order valence-electron chi connectivity index (χ0n) is 15.9. The highest BCUT2D eigenvalue weighted by atomic mass is 16.5. The fourth-order valence-corrected chi connectivity index (χ4v) is 4.10. The molecule has 1 N–H and O–H groups in total. The number of carbonyl (C=O) groups is 1. The van der Waals surface area contributed by atoms with Crippen molar-refractivity contribution in [1.29, 1.82) is 0 Å².